The highest BCUT2D eigenvalue weighted by molar-refractivity contribution is 14.0. The van der Waals surface area contributed by atoms with Crippen LogP contribution in [-0.2, 0) is 4.79 Å². The highest BCUT2D eigenvalue weighted by atomic mass is 127. The molecule has 0 spiro atoms. The summed E-state index contributed by atoms with van der Waals surface area (Å²) in [5, 5.41) is 9.04. The van der Waals surface area contributed by atoms with E-state index in [1.54, 1.807) is 0 Å². The third kappa shape index (κ3) is 7.98. The Hall–Kier alpha value is -1.31. The lowest BCUT2D eigenvalue weighted by molar-refractivity contribution is -0.114. The van der Waals surface area contributed by atoms with Crippen molar-refractivity contribution < 1.29 is 4.79 Å². The van der Waals surface area contributed by atoms with Crippen LogP contribution in [0.5, 0.6) is 0 Å². The van der Waals surface area contributed by atoms with Crippen LogP contribution in [0.3, 0.4) is 0 Å². The zero-order valence-electron chi connectivity index (χ0n) is 12.1. The maximum atomic E-state index is 11.7. The van der Waals surface area contributed by atoms with Crippen molar-refractivity contribution in [2.75, 3.05) is 18.4 Å². The van der Waals surface area contributed by atoms with E-state index in [4.69, 9.17) is 0 Å². The fourth-order valence-electron chi connectivity index (χ4n) is 1.47. The van der Waals surface area contributed by atoms with Gasteiger partial charge < -0.3 is 16.0 Å². The molecule has 1 rings (SSSR count). The van der Waals surface area contributed by atoms with E-state index in [2.05, 4.69) is 20.9 Å². The van der Waals surface area contributed by atoms with E-state index in [1.165, 1.54) is 0 Å². The van der Waals surface area contributed by atoms with Crippen molar-refractivity contribution in [1.82, 2.24) is 10.6 Å². The van der Waals surface area contributed by atoms with Crippen LogP contribution in [0.4, 0.5) is 5.69 Å². The molecule has 0 aliphatic rings. The van der Waals surface area contributed by atoms with E-state index in [1.807, 2.05) is 51.1 Å². The fourth-order valence-corrected chi connectivity index (χ4v) is 1.47. The van der Waals surface area contributed by atoms with Gasteiger partial charge in [-0.1, -0.05) is 18.2 Å². The third-order valence-corrected chi connectivity index (χ3v) is 2.21. The molecule has 0 heterocycles. The van der Waals surface area contributed by atoms with Crippen LogP contribution in [-0.4, -0.2) is 31.0 Å². The second-order valence-corrected chi connectivity index (χ2v) is 4.41. The number of hydrogen-bond acceptors (Lipinski definition) is 2. The number of carbonyl (C=O) groups is 1. The molecular weight excluding hydrogens is 367 g/mol. The van der Waals surface area contributed by atoms with E-state index in [9.17, 15) is 4.79 Å². The molecule has 0 radical (unpaired) electrons. The van der Waals surface area contributed by atoms with Crippen LogP contribution in [0.1, 0.15) is 20.8 Å². The number of halogens is 1. The van der Waals surface area contributed by atoms with Crippen LogP contribution < -0.4 is 16.0 Å². The number of amides is 1. The van der Waals surface area contributed by atoms with Crippen LogP contribution >= 0.6 is 24.0 Å². The van der Waals surface area contributed by atoms with Crippen LogP contribution in [0, 0.1) is 0 Å². The molecule has 6 heteroatoms. The van der Waals surface area contributed by atoms with Gasteiger partial charge in [0.2, 0.25) is 5.91 Å². The summed E-state index contributed by atoms with van der Waals surface area (Å²) in [6.07, 6.45) is 0. The summed E-state index contributed by atoms with van der Waals surface area (Å²) in [7, 11) is 0. The molecule has 112 valence electrons. The highest BCUT2D eigenvalue weighted by Crippen LogP contribution is 2.04. The summed E-state index contributed by atoms with van der Waals surface area (Å²) in [6, 6.07) is 9.63. The number of carbonyl (C=O) groups excluding carboxylic acids is 1. The van der Waals surface area contributed by atoms with E-state index in [-0.39, 0.29) is 42.5 Å². The van der Waals surface area contributed by atoms with Gasteiger partial charge in [0.1, 0.15) is 6.54 Å². The number of rotatable bonds is 5. The summed E-state index contributed by atoms with van der Waals surface area (Å²) >= 11 is 0. The summed E-state index contributed by atoms with van der Waals surface area (Å²) in [5.74, 6) is 0.521. The van der Waals surface area contributed by atoms with Crippen molar-refractivity contribution in [3.63, 3.8) is 0 Å². The molecule has 0 bridgehead atoms. The van der Waals surface area contributed by atoms with Crippen molar-refractivity contribution in [2.24, 2.45) is 4.99 Å². The monoisotopic (exact) mass is 390 g/mol. The molecule has 1 aromatic carbocycles. The van der Waals surface area contributed by atoms with Crippen molar-refractivity contribution in [3.05, 3.63) is 30.3 Å². The Morgan fingerprint density at radius 2 is 1.90 bits per heavy atom. The first kappa shape index (κ1) is 18.7. The zero-order chi connectivity index (χ0) is 14.1. The van der Waals surface area contributed by atoms with Crippen molar-refractivity contribution in [1.29, 1.82) is 0 Å². The average molecular weight is 390 g/mol. The number of hydrogen-bond donors (Lipinski definition) is 3. The van der Waals surface area contributed by atoms with Gasteiger partial charge in [-0.25, -0.2) is 4.99 Å². The quantitative estimate of drug-likeness (QED) is 0.410. The highest BCUT2D eigenvalue weighted by Gasteiger charge is 2.03. The summed E-state index contributed by atoms with van der Waals surface area (Å²) in [4.78, 5) is 16.0. The maximum absolute atomic E-state index is 11.7. The van der Waals surface area contributed by atoms with Gasteiger partial charge in [-0.3, -0.25) is 4.79 Å². The van der Waals surface area contributed by atoms with Gasteiger partial charge in [0.25, 0.3) is 0 Å². The topological polar surface area (TPSA) is 65.5 Å². The minimum atomic E-state index is -0.132. The molecule has 1 amide bonds. The molecule has 0 atom stereocenters. The first-order valence-electron chi connectivity index (χ1n) is 6.51. The first-order valence-corrected chi connectivity index (χ1v) is 6.51. The van der Waals surface area contributed by atoms with E-state index in [0.29, 0.717) is 5.96 Å². The third-order valence-electron chi connectivity index (χ3n) is 2.21. The van der Waals surface area contributed by atoms with Gasteiger partial charge in [0.15, 0.2) is 5.96 Å². The summed E-state index contributed by atoms with van der Waals surface area (Å²) in [6.45, 7) is 6.89. The molecule has 0 unspecified atom stereocenters. The molecule has 0 aromatic heterocycles. The molecule has 0 aliphatic carbocycles. The smallest absolute Gasteiger partial charge is 0.246 e. The molecule has 0 saturated carbocycles. The predicted octanol–water partition coefficient (Wildman–Crippen LogP) is 2.21. The minimum Gasteiger partial charge on any atom is -0.357 e. The Morgan fingerprint density at radius 3 is 2.45 bits per heavy atom. The molecule has 0 aliphatic heterocycles. The van der Waals surface area contributed by atoms with E-state index < -0.39 is 0 Å². The van der Waals surface area contributed by atoms with Gasteiger partial charge in [-0.05, 0) is 32.9 Å². The number of para-hydroxylation sites is 1. The average Bonchev–Trinajstić information content (AvgIpc) is 2.37. The lowest BCUT2D eigenvalue weighted by Gasteiger charge is -2.13. The fraction of sp³-hybridized carbons (Fsp3) is 0.429. The van der Waals surface area contributed by atoms with Crippen LogP contribution in [0.25, 0.3) is 0 Å². The second kappa shape index (κ2) is 10.5. The van der Waals surface area contributed by atoms with E-state index in [0.717, 1.165) is 12.2 Å². The molecule has 0 saturated heterocycles. The minimum absolute atomic E-state index is 0. The molecule has 20 heavy (non-hydrogen) atoms. The standard InChI is InChI=1S/C14H22N4O.HI/c1-4-15-14(17-11(2)3)16-10-13(19)18-12-8-6-5-7-9-12;/h5-9,11H,4,10H2,1-3H3,(H,18,19)(H2,15,16,17);1H. The summed E-state index contributed by atoms with van der Waals surface area (Å²) < 4.78 is 0. The maximum Gasteiger partial charge on any atom is 0.246 e. The molecule has 0 fully saturated rings. The van der Waals surface area contributed by atoms with Crippen molar-refractivity contribution >= 4 is 41.5 Å². The normalized spacial score (nSPS) is 10.7. The molecule has 5 nitrogen and oxygen atoms in total. The number of nitrogens with one attached hydrogen (secondary N) is 3. The summed E-state index contributed by atoms with van der Waals surface area (Å²) in [5.41, 5.74) is 0.782. The van der Waals surface area contributed by atoms with Gasteiger partial charge in [-0.15, -0.1) is 24.0 Å². The Morgan fingerprint density at radius 1 is 1.25 bits per heavy atom. The lowest BCUT2D eigenvalue weighted by Crippen LogP contribution is -2.41. The zero-order valence-corrected chi connectivity index (χ0v) is 14.5. The van der Waals surface area contributed by atoms with Crippen molar-refractivity contribution in [2.45, 2.75) is 26.8 Å². The van der Waals surface area contributed by atoms with Crippen LogP contribution in [0.15, 0.2) is 35.3 Å². The van der Waals surface area contributed by atoms with Gasteiger partial charge >= 0.3 is 0 Å². The van der Waals surface area contributed by atoms with Crippen LogP contribution in [0.2, 0.25) is 0 Å². The predicted molar refractivity (Wildman–Crippen MR) is 94.7 cm³/mol. The van der Waals surface area contributed by atoms with Gasteiger partial charge in [0.05, 0.1) is 0 Å². The Labute approximate surface area is 137 Å². The number of guanidine groups is 1. The lowest BCUT2D eigenvalue weighted by atomic mass is 10.3. The molecular formula is C14H23IN4O. The number of anilines is 1. The Kier molecular flexibility index (Phi) is 9.79. The Balaban J connectivity index is 0.00000361. The second-order valence-electron chi connectivity index (χ2n) is 4.41. The number of aliphatic imine (C=N–C) groups is 1. The van der Waals surface area contributed by atoms with Gasteiger partial charge in [-0.2, -0.15) is 0 Å². The number of nitrogens with zero attached hydrogens (tertiary/aromatic N) is 1. The largest absolute Gasteiger partial charge is 0.357 e. The number of benzene rings is 1. The van der Waals surface area contributed by atoms with E-state index >= 15 is 0 Å². The SMILES string of the molecule is CCNC(=NCC(=O)Nc1ccccc1)NC(C)C.I. The molecule has 3 N–H and O–H groups in total. The van der Waals surface area contributed by atoms with Gasteiger partial charge in [0, 0.05) is 18.3 Å². The van der Waals surface area contributed by atoms with Crippen molar-refractivity contribution in [3.8, 4) is 0 Å². The first-order chi connectivity index (χ1) is 9.11. The molecule has 1 aromatic rings. The Bertz CT molecular complexity index is 420.